The molecular formula is C30H30N2O6. The lowest BCUT2D eigenvalue weighted by Gasteiger charge is -2.13. The molecule has 8 heteroatoms. The van der Waals surface area contributed by atoms with E-state index in [2.05, 4.69) is 12.2 Å². The van der Waals surface area contributed by atoms with Crippen LogP contribution >= 0.6 is 0 Å². The van der Waals surface area contributed by atoms with E-state index in [1.54, 1.807) is 6.07 Å². The Bertz CT molecular complexity index is 1460. The highest BCUT2D eigenvalue weighted by atomic mass is 16.6. The average Bonchev–Trinajstić information content (AvgIpc) is 3.36. The first-order valence-corrected chi connectivity index (χ1v) is 12.4. The molecule has 0 aliphatic heterocycles. The molecule has 0 atom stereocenters. The number of non-ortho nitro benzene ring substituents is 1. The van der Waals surface area contributed by atoms with Crippen LogP contribution in [0.3, 0.4) is 0 Å². The zero-order chi connectivity index (χ0) is 27.2. The van der Waals surface area contributed by atoms with E-state index in [1.165, 1.54) is 29.8 Å². The fraction of sp³-hybridized carbons (Fsp3) is 0.233. The number of nitro benzene ring substituents is 1. The summed E-state index contributed by atoms with van der Waals surface area (Å²) in [4.78, 5) is 23.8. The number of carbonyl (C=O) groups is 1. The van der Waals surface area contributed by atoms with Crippen molar-refractivity contribution in [3.63, 3.8) is 0 Å². The van der Waals surface area contributed by atoms with Gasteiger partial charge in [0.25, 0.3) is 11.6 Å². The summed E-state index contributed by atoms with van der Waals surface area (Å²) in [6, 6.07) is 19.1. The molecule has 1 heterocycles. The monoisotopic (exact) mass is 514 g/mol. The van der Waals surface area contributed by atoms with Crippen molar-refractivity contribution in [1.29, 1.82) is 0 Å². The maximum Gasteiger partial charge on any atom is 0.291 e. The second-order valence-corrected chi connectivity index (χ2v) is 9.18. The van der Waals surface area contributed by atoms with Crippen LogP contribution in [0.2, 0.25) is 0 Å². The highest BCUT2D eigenvalue weighted by Crippen LogP contribution is 2.33. The molecule has 0 spiro atoms. The Labute approximate surface area is 221 Å². The van der Waals surface area contributed by atoms with Gasteiger partial charge in [0.15, 0.2) is 5.76 Å². The average molecular weight is 515 g/mol. The lowest BCUT2D eigenvalue weighted by atomic mass is 10.1. The van der Waals surface area contributed by atoms with Crippen LogP contribution < -0.4 is 14.8 Å². The van der Waals surface area contributed by atoms with Crippen LogP contribution in [0.4, 0.5) is 11.4 Å². The van der Waals surface area contributed by atoms with Gasteiger partial charge in [-0.25, -0.2) is 0 Å². The number of benzene rings is 3. The Morgan fingerprint density at radius 2 is 1.74 bits per heavy atom. The summed E-state index contributed by atoms with van der Waals surface area (Å²) >= 11 is 0. The molecule has 0 saturated carbocycles. The standard InChI is InChI=1S/C30H30N2O6/c1-5-6-22-7-9-25(10-8-22)36-18-26-11-12-28(37-26)30(33)31-23-15-24(32(34)35)17-27(16-23)38-29-14-19(2)13-20(3)21(29)4/h7-17H,5-6,18H2,1-4H3,(H,31,33). The van der Waals surface area contributed by atoms with Crippen molar-refractivity contribution in [2.45, 2.75) is 47.1 Å². The van der Waals surface area contributed by atoms with Crippen LogP contribution in [0.25, 0.3) is 0 Å². The third-order valence-electron chi connectivity index (χ3n) is 6.08. The number of carbonyl (C=O) groups excluding carboxylic acids is 1. The van der Waals surface area contributed by atoms with Crippen LogP contribution in [-0.2, 0) is 13.0 Å². The second kappa shape index (κ2) is 11.6. The van der Waals surface area contributed by atoms with Crippen molar-refractivity contribution >= 4 is 17.3 Å². The first-order valence-electron chi connectivity index (χ1n) is 12.4. The topological polar surface area (TPSA) is 104 Å². The number of anilines is 1. The fourth-order valence-electron chi connectivity index (χ4n) is 4.02. The molecule has 1 amide bonds. The Morgan fingerprint density at radius 3 is 2.45 bits per heavy atom. The van der Waals surface area contributed by atoms with Crippen molar-refractivity contribution in [1.82, 2.24) is 0 Å². The maximum atomic E-state index is 12.8. The number of amides is 1. The number of nitrogens with zero attached hydrogens (tertiary/aromatic N) is 1. The smallest absolute Gasteiger partial charge is 0.291 e. The van der Waals surface area contributed by atoms with Gasteiger partial charge in [-0.05, 0) is 79.8 Å². The number of ether oxygens (including phenoxy) is 2. The fourth-order valence-corrected chi connectivity index (χ4v) is 4.02. The van der Waals surface area contributed by atoms with Gasteiger partial charge in [0, 0.05) is 12.1 Å². The summed E-state index contributed by atoms with van der Waals surface area (Å²) in [5.41, 5.74) is 4.23. The zero-order valence-electron chi connectivity index (χ0n) is 21.9. The van der Waals surface area contributed by atoms with E-state index in [9.17, 15) is 14.9 Å². The molecule has 1 aromatic heterocycles. The predicted molar refractivity (Wildman–Crippen MR) is 145 cm³/mol. The van der Waals surface area contributed by atoms with Crippen molar-refractivity contribution in [3.05, 3.63) is 111 Å². The summed E-state index contributed by atoms with van der Waals surface area (Å²) in [6.07, 6.45) is 2.09. The van der Waals surface area contributed by atoms with Gasteiger partial charge < -0.3 is 19.2 Å². The summed E-state index contributed by atoms with van der Waals surface area (Å²) < 4.78 is 17.4. The number of furan rings is 1. The minimum absolute atomic E-state index is 0.0565. The Hall–Kier alpha value is -4.59. The van der Waals surface area contributed by atoms with Crippen LogP contribution in [0.5, 0.6) is 17.2 Å². The Kier molecular flexibility index (Phi) is 8.11. The lowest BCUT2D eigenvalue weighted by molar-refractivity contribution is -0.384. The van der Waals surface area contributed by atoms with Gasteiger partial charge in [0.05, 0.1) is 16.7 Å². The predicted octanol–water partition coefficient (Wildman–Crippen LogP) is 7.69. The molecule has 0 unspecified atom stereocenters. The summed E-state index contributed by atoms with van der Waals surface area (Å²) in [7, 11) is 0. The van der Waals surface area contributed by atoms with E-state index in [0.29, 0.717) is 17.3 Å². The van der Waals surface area contributed by atoms with Crippen LogP contribution in [0.15, 0.2) is 71.1 Å². The molecule has 196 valence electrons. The van der Waals surface area contributed by atoms with Crippen molar-refractivity contribution in [2.24, 2.45) is 0 Å². The number of aryl methyl sites for hydroxylation is 3. The van der Waals surface area contributed by atoms with Crippen molar-refractivity contribution in [3.8, 4) is 17.2 Å². The molecule has 0 fully saturated rings. The van der Waals surface area contributed by atoms with Gasteiger partial charge in [-0.3, -0.25) is 14.9 Å². The molecule has 0 saturated heterocycles. The zero-order valence-corrected chi connectivity index (χ0v) is 21.9. The normalized spacial score (nSPS) is 10.7. The number of nitro groups is 1. The quantitative estimate of drug-likeness (QED) is 0.172. The molecule has 8 nitrogen and oxygen atoms in total. The lowest BCUT2D eigenvalue weighted by Crippen LogP contribution is -2.11. The SMILES string of the molecule is CCCc1ccc(OCc2ccc(C(=O)Nc3cc(Oc4cc(C)cc(C)c4C)cc([N+](=O)[O-])c3)o2)cc1. The molecule has 0 aliphatic rings. The second-order valence-electron chi connectivity index (χ2n) is 9.18. The van der Waals surface area contributed by atoms with Crippen molar-refractivity contribution < 1.29 is 23.6 Å². The van der Waals surface area contributed by atoms with E-state index >= 15 is 0 Å². The van der Waals surface area contributed by atoms with Gasteiger partial charge in [-0.1, -0.05) is 31.5 Å². The van der Waals surface area contributed by atoms with E-state index < -0.39 is 10.8 Å². The molecule has 0 radical (unpaired) electrons. The van der Waals surface area contributed by atoms with Gasteiger partial charge >= 0.3 is 0 Å². The van der Waals surface area contributed by atoms with Gasteiger partial charge in [-0.15, -0.1) is 0 Å². The maximum absolute atomic E-state index is 12.8. The highest BCUT2D eigenvalue weighted by molar-refractivity contribution is 6.02. The minimum atomic E-state index is -0.547. The molecule has 38 heavy (non-hydrogen) atoms. The molecular weight excluding hydrogens is 484 g/mol. The highest BCUT2D eigenvalue weighted by Gasteiger charge is 2.17. The third kappa shape index (κ3) is 6.59. The van der Waals surface area contributed by atoms with E-state index in [4.69, 9.17) is 13.9 Å². The van der Waals surface area contributed by atoms with E-state index in [-0.39, 0.29) is 29.5 Å². The van der Waals surface area contributed by atoms with Crippen molar-refractivity contribution in [2.75, 3.05) is 5.32 Å². The first-order chi connectivity index (χ1) is 18.2. The summed E-state index contributed by atoms with van der Waals surface area (Å²) in [6.45, 7) is 8.13. The Balaban J connectivity index is 1.46. The van der Waals surface area contributed by atoms with Crippen LogP contribution in [0, 0.1) is 30.9 Å². The van der Waals surface area contributed by atoms with E-state index in [0.717, 1.165) is 29.5 Å². The van der Waals surface area contributed by atoms with Crippen LogP contribution in [-0.4, -0.2) is 10.8 Å². The van der Waals surface area contributed by atoms with Gasteiger partial charge in [-0.2, -0.15) is 0 Å². The van der Waals surface area contributed by atoms with Gasteiger partial charge in [0.2, 0.25) is 0 Å². The Morgan fingerprint density at radius 1 is 0.974 bits per heavy atom. The molecule has 0 bridgehead atoms. The summed E-state index contributed by atoms with van der Waals surface area (Å²) in [5, 5.41) is 14.2. The molecule has 4 rings (SSSR count). The number of nitrogens with one attached hydrogen (secondary N) is 1. The largest absolute Gasteiger partial charge is 0.486 e. The van der Waals surface area contributed by atoms with Gasteiger partial charge in [0.1, 0.15) is 29.6 Å². The molecule has 1 N–H and O–H groups in total. The molecule has 4 aromatic rings. The first kappa shape index (κ1) is 26.5. The number of hydrogen-bond acceptors (Lipinski definition) is 6. The molecule has 3 aromatic carbocycles. The minimum Gasteiger partial charge on any atom is -0.486 e. The number of rotatable bonds is 10. The molecule has 0 aliphatic carbocycles. The van der Waals surface area contributed by atoms with E-state index in [1.807, 2.05) is 57.2 Å². The summed E-state index contributed by atoms with van der Waals surface area (Å²) in [5.74, 6) is 1.52. The number of hydrogen-bond donors (Lipinski definition) is 1. The van der Waals surface area contributed by atoms with Crippen LogP contribution in [0.1, 0.15) is 51.9 Å². The third-order valence-corrected chi connectivity index (χ3v) is 6.08.